The van der Waals surface area contributed by atoms with E-state index in [9.17, 15) is 5.11 Å². The summed E-state index contributed by atoms with van der Waals surface area (Å²) < 4.78 is 6.47. The standard InChI is InChI=1S/C13H28O2Si/c1-12(2,3)16(4,5)15-13(11-14)9-7-6-8-10-13/h14H,6-11H2,1-5H3. The van der Waals surface area contributed by atoms with Gasteiger partial charge in [0.15, 0.2) is 8.32 Å². The van der Waals surface area contributed by atoms with E-state index in [1.54, 1.807) is 0 Å². The van der Waals surface area contributed by atoms with Crippen LogP contribution in [0.5, 0.6) is 0 Å². The molecule has 0 unspecified atom stereocenters. The van der Waals surface area contributed by atoms with Crippen molar-refractivity contribution in [2.75, 3.05) is 6.61 Å². The van der Waals surface area contributed by atoms with E-state index >= 15 is 0 Å². The van der Waals surface area contributed by atoms with Crippen LogP contribution in [0.15, 0.2) is 0 Å². The lowest BCUT2D eigenvalue weighted by atomic mass is 9.86. The Kier molecular flexibility index (Phi) is 4.25. The molecule has 1 saturated carbocycles. The molecular formula is C13H28O2Si. The molecule has 3 heteroatoms. The molecule has 0 aromatic rings. The van der Waals surface area contributed by atoms with Crippen LogP contribution in [-0.4, -0.2) is 25.6 Å². The van der Waals surface area contributed by atoms with Crippen molar-refractivity contribution < 1.29 is 9.53 Å². The minimum Gasteiger partial charge on any atom is -0.409 e. The summed E-state index contributed by atoms with van der Waals surface area (Å²) in [5, 5.41) is 9.90. The molecule has 0 aromatic carbocycles. The molecule has 1 rings (SSSR count). The van der Waals surface area contributed by atoms with Gasteiger partial charge in [0.05, 0.1) is 12.2 Å². The lowest BCUT2D eigenvalue weighted by molar-refractivity contribution is -0.0306. The Morgan fingerprint density at radius 2 is 1.62 bits per heavy atom. The molecule has 1 N–H and O–H groups in total. The van der Waals surface area contributed by atoms with E-state index in [0.29, 0.717) is 0 Å². The van der Waals surface area contributed by atoms with E-state index in [2.05, 4.69) is 33.9 Å². The van der Waals surface area contributed by atoms with Gasteiger partial charge >= 0.3 is 0 Å². The fourth-order valence-electron chi connectivity index (χ4n) is 2.18. The van der Waals surface area contributed by atoms with E-state index in [-0.39, 0.29) is 17.2 Å². The van der Waals surface area contributed by atoms with E-state index in [1.165, 1.54) is 19.3 Å². The lowest BCUT2D eigenvalue weighted by Crippen LogP contribution is -2.52. The van der Waals surface area contributed by atoms with Crippen LogP contribution in [-0.2, 0) is 4.43 Å². The largest absolute Gasteiger partial charge is 0.409 e. The average Bonchev–Trinajstić information content (AvgIpc) is 2.17. The maximum absolute atomic E-state index is 9.67. The molecule has 0 aromatic heterocycles. The topological polar surface area (TPSA) is 29.5 Å². The second-order valence-corrected chi connectivity index (χ2v) is 11.5. The zero-order valence-corrected chi connectivity index (χ0v) is 12.6. The van der Waals surface area contributed by atoms with Crippen molar-refractivity contribution in [2.24, 2.45) is 0 Å². The van der Waals surface area contributed by atoms with Crippen LogP contribution in [0.3, 0.4) is 0 Å². The monoisotopic (exact) mass is 244 g/mol. The molecule has 0 radical (unpaired) electrons. The first-order chi connectivity index (χ1) is 7.22. The molecule has 16 heavy (non-hydrogen) atoms. The number of aliphatic hydroxyl groups excluding tert-OH is 1. The molecule has 96 valence electrons. The number of rotatable bonds is 3. The molecule has 0 saturated heterocycles. The van der Waals surface area contributed by atoms with Gasteiger partial charge in [-0.15, -0.1) is 0 Å². The number of hydrogen-bond donors (Lipinski definition) is 1. The van der Waals surface area contributed by atoms with Gasteiger partial charge in [-0.2, -0.15) is 0 Å². The summed E-state index contributed by atoms with van der Waals surface area (Å²) in [4.78, 5) is 0. The fourth-order valence-corrected chi connectivity index (χ4v) is 3.84. The Morgan fingerprint density at radius 1 is 1.12 bits per heavy atom. The Hall–Kier alpha value is 0.137. The summed E-state index contributed by atoms with van der Waals surface area (Å²) in [6.45, 7) is 11.5. The third-order valence-electron chi connectivity index (χ3n) is 4.33. The van der Waals surface area contributed by atoms with Crippen LogP contribution in [0, 0.1) is 0 Å². The average molecular weight is 244 g/mol. The molecule has 1 aliphatic rings. The molecule has 0 atom stereocenters. The number of hydrogen-bond acceptors (Lipinski definition) is 2. The first-order valence-corrected chi connectivity index (χ1v) is 9.44. The molecule has 2 nitrogen and oxygen atoms in total. The van der Waals surface area contributed by atoms with Crippen molar-refractivity contribution in [1.82, 2.24) is 0 Å². The van der Waals surface area contributed by atoms with Crippen molar-refractivity contribution in [1.29, 1.82) is 0 Å². The van der Waals surface area contributed by atoms with E-state index in [0.717, 1.165) is 12.8 Å². The van der Waals surface area contributed by atoms with E-state index in [4.69, 9.17) is 4.43 Å². The summed E-state index contributed by atoms with van der Waals surface area (Å²) >= 11 is 0. The summed E-state index contributed by atoms with van der Waals surface area (Å²) in [5.74, 6) is 0. The van der Waals surface area contributed by atoms with Crippen LogP contribution in [0.25, 0.3) is 0 Å². The Bertz CT molecular complexity index is 225. The normalized spacial score (nSPS) is 22.1. The van der Waals surface area contributed by atoms with Gasteiger partial charge in [-0.1, -0.05) is 40.0 Å². The minimum absolute atomic E-state index is 0.194. The summed E-state index contributed by atoms with van der Waals surface area (Å²) in [6.07, 6.45) is 5.78. The van der Waals surface area contributed by atoms with Gasteiger partial charge in [-0.3, -0.25) is 0 Å². The van der Waals surface area contributed by atoms with Crippen molar-refractivity contribution in [3.63, 3.8) is 0 Å². The zero-order valence-electron chi connectivity index (χ0n) is 11.6. The van der Waals surface area contributed by atoms with Gasteiger partial charge in [-0.05, 0) is 31.0 Å². The van der Waals surface area contributed by atoms with Crippen LogP contribution in [0.1, 0.15) is 52.9 Å². The quantitative estimate of drug-likeness (QED) is 0.767. The first kappa shape index (κ1) is 14.2. The van der Waals surface area contributed by atoms with Gasteiger partial charge in [0, 0.05) is 0 Å². The third kappa shape index (κ3) is 3.08. The zero-order chi connectivity index (χ0) is 12.4. The SMILES string of the molecule is CC(C)(C)[Si](C)(C)OC1(CO)CCCCC1. The van der Waals surface area contributed by atoms with Crippen LogP contribution < -0.4 is 0 Å². The highest BCUT2D eigenvalue weighted by Crippen LogP contribution is 2.42. The van der Waals surface area contributed by atoms with Crippen molar-refractivity contribution in [3.05, 3.63) is 0 Å². The highest BCUT2D eigenvalue weighted by Gasteiger charge is 2.44. The van der Waals surface area contributed by atoms with E-state index in [1.807, 2.05) is 0 Å². The van der Waals surface area contributed by atoms with Crippen LogP contribution >= 0.6 is 0 Å². The summed E-state index contributed by atoms with van der Waals surface area (Å²) in [6, 6.07) is 0. The second kappa shape index (κ2) is 4.79. The van der Waals surface area contributed by atoms with Gasteiger partial charge in [0.25, 0.3) is 0 Å². The fraction of sp³-hybridized carbons (Fsp3) is 1.00. The molecular weight excluding hydrogens is 216 g/mol. The lowest BCUT2D eigenvalue weighted by Gasteiger charge is -2.46. The molecule has 1 fully saturated rings. The Morgan fingerprint density at radius 3 is 2.00 bits per heavy atom. The van der Waals surface area contributed by atoms with Gasteiger partial charge < -0.3 is 9.53 Å². The van der Waals surface area contributed by atoms with Gasteiger partial charge in [0.1, 0.15) is 0 Å². The molecule has 0 spiro atoms. The van der Waals surface area contributed by atoms with Crippen molar-refractivity contribution >= 4 is 8.32 Å². The highest BCUT2D eigenvalue weighted by atomic mass is 28.4. The first-order valence-electron chi connectivity index (χ1n) is 6.54. The van der Waals surface area contributed by atoms with Crippen molar-refractivity contribution in [3.8, 4) is 0 Å². The smallest absolute Gasteiger partial charge is 0.192 e. The molecule has 0 aliphatic heterocycles. The maximum atomic E-state index is 9.67. The van der Waals surface area contributed by atoms with Crippen LogP contribution in [0.2, 0.25) is 18.1 Å². The third-order valence-corrected chi connectivity index (χ3v) is 8.89. The van der Waals surface area contributed by atoms with Crippen LogP contribution in [0.4, 0.5) is 0 Å². The minimum atomic E-state index is -1.75. The second-order valence-electron chi connectivity index (χ2n) is 6.76. The highest BCUT2D eigenvalue weighted by molar-refractivity contribution is 6.74. The Labute approximate surface area is 102 Å². The maximum Gasteiger partial charge on any atom is 0.192 e. The summed E-state index contributed by atoms with van der Waals surface area (Å²) in [5.41, 5.74) is -0.221. The number of aliphatic hydroxyl groups is 1. The molecule has 0 amide bonds. The Balaban J connectivity index is 2.76. The van der Waals surface area contributed by atoms with Gasteiger partial charge in [-0.25, -0.2) is 0 Å². The van der Waals surface area contributed by atoms with E-state index < -0.39 is 8.32 Å². The molecule has 0 heterocycles. The predicted molar refractivity (Wildman–Crippen MR) is 71.2 cm³/mol. The summed E-state index contributed by atoms with van der Waals surface area (Å²) in [7, 11) is -1.75. The van der Waals surface area contributed by atoms with Gasteiger partial charge in [0.2, 0.25) is 0 Å². The predicted octanol–water partition coefficient (Wildman–Crippen LogP) is 3.70. The molecule has 0 bridgehead atoms. The van der Waals surface area contributed by atoms with Crippen molar-refractivity contribution in [2.45, 2.75) is 76.6 Å². The molecule has 1 aliphatic carbocycles.